The van der Waals surface area contributed by atoms with Gasteiger partial charge in [-0.25, -0.2) is 14.2 Å². The Morgan fingerprint density at radius 2 is 1.77 bits per heavy atom. The summed E-state index contributed by atoms with van der Waals surface area (Å²) in [5.41, 5.74) is -4.58. The first-order chi connectivity index (χ1) is 12.0. The minimum absolute atomic E-state index is 0.147. The van der Waals surface area contributed by atoms with Crippen molar-refractivity contribution in [1.82, 2.24) is 14.5 Å². The lowest BCUT2D eigenvalue weighted by molar-refractivity contribution is -0.136. The standard InChI is InChI=1S/C15H7Cl2F4N3O2/c1-24-12-11(13(25)23-14(24)26)6(15(19,20)21)3-10(22-12)5-2-9(18)8(17)4-7(5)16/h2-4H,1H3,(H,23,25,26). The fraction of sp³-hybridized carbons (Fsp3) is 0.133. The van der Waals surface area contributed by atoms with Crippen LogP contribution in [0.25, 0.3) is 22.3 Å². The van der Waals surface area contributed by atoms with Gasteiger partial charge in [-0.05, 0) is 18.2 Å². The van der Waals surface area contributed by atoms with Crippen LogP contribution in [-0.2, 0) is 13.2 Å². The highest BCUT2D eigenvalue weighted by atomic mass is 35.5. The van der Waals surface area contributed by atoms with E-state index in [1.807, 2.05) is 0 Å². The van der Waals surface area contributed by atoms with Gasteiger partial charge in [-0.2, -0.15) is 13.2 Å². The molecule has 0 saturated heterocycles. The molecular weight excluding hydrogens is 401 g/mol. The zero-order valence-corrected chi connectivity index (χ0v) is 14.2. The third-order valence-electron chi connectivity index (χ3n) is 3.66. The minimum atomic E-state index is -4.93. The lowest BCUT2D eigenvalue weighted by Gasteiger charge is -2.14. The highest BCUT2D eigenvalue weighted by molar-refractivity contribution is 6.36. The van der Waals surface area contributed by atoms with Crippen LogP contribution >= 0.6 is 23.2 Å². The minimum Gasteiger partial charge on any atom is -0.281 e. The maximum absolute atomic E-state index is 13.7. The van der Waals surface area contributed by atoms with Crippen molar-refractivity contribution in [3.8, 4) is 11.3 Å². The van der Waals surface area contributed by atoms with Crippen molar-refractivity contribution in [2.75, 3.05) is 0 Å². The van der Waals surface area contributed by atoms with E-state index >= 15 is 0 Å². The molecule has 0 spiro atoms. The summed E-state index contributed by atoms with van der Waals surface area (Å²) < 4.78 is 54.9. The maximum atomic E-state index is 13.7. The SMILES string of the molecule is Cn1c(=O)[nH]c(=O)c2c(C(F)(F)F)cc(-c3cc(F)c(Cl)cc3Cl)nc21. The number of nitrogens with zero attached hydrogens (tertiary/aromatic N) is 2. The van der Waals surface area contributed by atoms with Gasteiger partial charge in [0.15, 0.2) is 5.65 Å². The number of aromatic nitrogens is 3. The van der Waals surface area contributed by atoms with E-state index in [-0.39, 0.29) is 21.3 Å². The van der Waals surface area contributed by atoms with Crippen LogP contribution in [0.4, 0.5) is 17.6 Å². The van der Waals surface area contributed by atoms with Gasteiger partial charge in [0.1, 0.15) is 5.82 Å². The molecule has 3 rings (SSSR count). The number of hydrogen-bond donors (Lipinski definition) is 1. The predicted molar refractivity (Wildman–Crippen MR) is 88.0 cm³/mol. The van der Waals surface area contributed by atoms with E-state index in [0.717, 1.165) is 23.7 Å². The van der Waals surface area contributed by atoms with Gasteiger partial charge in [0.05, 0.1) is 26.7 Å². The summed E-state index contributed by atoms with van der Waals surface area (Å²) in [5, 5.41) is -1.28. The van der Waals surface area contributed by atoms with Gasteiger partial charge in [0.2, 0.25) is 0 Å². The number of halogens is 6. The highest BCUT2D eigenvalue weighted by Gasteiger charge is 2.35. The number of H-pyrrole nitrogens is 1. The Hall–Kier alpha value is -2.39. The zero-order chi connectivity index (χ0) is 19.4. The van der Waals surface area contributed by atoms with E-state index in [0.29, 0.717) is 6.07 Å². The molecular formula is C15H7Cl2F4N3O2. The quantitative estimate of drug-likeness (QED) is 0.493. The number of alkyl halides is 3. The first kappa shape index (κ1) is 18.4. The van der Waals surface area contributed by atoms with Crippen LogP contribution in [0.5, 0.6) is 0 Å². The van der Waals surface area contributed by atoms with Crippen LogP contribution in [0.2, 0.25) is 10.0 Å². The summed E-state index contributed by atoms with van der Waals surface area (Å²) in [5.74, 6) is -0.915. The molecule has 26 heavy (non-hydrogen) atoms. The van der Waals surface area contributed by atoms with Crippen LogP contribution in [0.1, 0.15) is 5.56 Å². The molecule has 0 atom stereocenters. The molecule has 0 radical (unpaired) electrons. The van der Waals surface area contributed by atoms with Gasteiger partial charge in [-0.15, -0.1) is 0 Å². The third-order valence-corrected chi connectivity index (χ3v) is 4.26. The summed E-state index contributed by atoms with van der Waals surface area (Å²) in [6.45, 7) is 0. The van der Waals surface area contributed by atoms with E-state index < -0.39 is 39.8 Å². The van der Waals surface area contributed by atoms with Gasteiger partial charge in [-0.3, -0.25) is 14.3 Å². The third kappa shape index (κ3) is 2.97. The molecule has 2 aromatic heterocycles. The number of pyridine rings is 1. The Kier molecular flexibility index (Phi) is 4.32. The van der Waals surface area contributed by atoms with Crippen molar-refractivity contribution >= 4 is 34.2 Å². The van der Waals surface area contributed by atoms with Crippen molar-refractivity contribution in [1.29, 1.82) is 0 Å². The summed E-state index contributed by atoms with van der Waals surface area (Å²) in [4.78, 5) is 29.3. The lowest BCUT2D eigenvalue weighted by Crippen LogP contribution is -2.30. The van der Waals surface area contributed by atoms with E-state index in [1.54, 1.807) is 4.98 Å². The van der Waals surface area contributed by atoms with Gasteiger partial charge >= 0.3 is 11.9 Å². The van der Waals surface area contributed by atoms with Crippen LogP contribution in [-0.4, -0.2) is 14.5 Å². The zero-order valence-electron chi connectivity index (χ0n) is 12.7. The summed E-state index contributed by atoms with van der Waals surface area (Å²) >= 11 is 11.5. The highest BCUT2D eigenvalue weighted by Crippen LogP contribution is 2.37. The smallest absolute Gasteiger partial charge is 0.281 e. The predicted octanol–water partition coefficient (Wildman–Crippen LogP) is 3.75. The second kappa shape index (κ2) is 6.10. The van der Waals surface area contributed by atoms with Crippen molar-refractivity contribution in [2.24, 2.45) is 7.05 Å². The number of benzene rings is 1. The molecule has 3 aromatic rings. The molecule has 1 N–H and O–H groups in total. The van der Waals surface area contributed by atoms with Crippen LogP contribution in [0.15, 0.2) is 27.8 Å². The molecule has 0 fully saturated rings. The molecule has 0 aliphatic carbocycles. The van der Waals surface area contributed by atoms with Crippen molar-refractivity contribution < 1.29 is 17.6 Å². The molecule has 1 aromatic carbocycles. The van der Waals surface area contributed by atoms with Gasteiger partial charge in [-0.1, -0.05) is 23.2 Å². The maximum Gasteiger partial charge on any atom is 0.417 e. The van der Waals surface area contributed by atoms with Crippen LogP contribution < -0.4 is 11.2 Å². The summed E-state index contributed by atoms with van der Waals surface area (Å²) in [6.07, 6.45) is -4.93. The van der Waals surface area contributed by atoms with E-state index in [2.05, 4.69) is 4.98 Å². The van der Waals surface area contributed by atoms with E-state index in [1.165, 1.54) is 0 Å². The largest absolute Gasteiger partial charge is 0.417 e. The molecule has 136 valence electrons. The second-order valence-corrected chi connectivity index (χ2v) is 6.13. The Morgan fingerprint density at radius 3 is 2.38 bits per heavy atom. The number of nitrogens with one attached hydrogen (secondary N) is 1. The van der Waals surface area contributed by atoms with Crippen molar-refractivity contribution in [3.05, 3.63) is 60.5 Å². The number of aromatic amines is 1. The Morgan fingerprint density at radius 1 is 1.12 bits per heavy atom. The Bertz CT molecular complexity index is 1170. The molecule has 2 heterocycles. The Labute approximate surface area is 151 Å². The van der Waals surface area contributed by atoms with Crippen LogP contribution in [0.3, 0.4) is 0 Å². The number of rotatable bonds is 1. The first-order valence-electron chi connectivity index (χ1n) is 6.87. The molecule has 0 saturated carbocycles. The lowest BCUT2D eigenvalue weighted by atomic mass is 10.1. The number of aryl methyl sites for hydroxylation is 1. The molecule has 0 bridgehead atoms. The van der Waals surface area contributed by atoms with Gasteiger partial charge in [0.25, 0.3) is 5.56 Å². The topological polar surface area (TPSA) is 67.8 Å². The molecule has 0 unspecified atom stereocenters. The molecule has 0 aliphatic rings. The van der Waals surface area contributed by atoms with Gasteiger partial charge < -0.3 is 0 Å². The molecule has 11 heteroatoms. The first-order valence-corrected chi connectivity index (χ1v) is 7.62. The fourth-order valence-electron chi connectivity index (χ4n) is 2.42. The number of fused-ring (bicyclic) bond motifs is 1. The summed E-state index contributed by atoms with van der Waals surface area (Å²) in [6, 6.07) is 2.41. The monoisotopic (exact) mass is 407 g/mol. The second-order valence-electron chi connectivity index (χ2n) is 5.32. The number of hydrogen-bond acceptors (Lipinski definition) is 3. The average Bonchev–Trinajstić information content (AvgIpc) is 2.54. The average molecular weight is 408 g/mol. The Balaban J connectivity index is 2.51. The van der Waals surface area contributed by atoms with Crippen molar-refractivity contribution in [3.63, 3.8) is 0 Å². The molecule has 0 aliphatic heterocycles. The normalized spacial score (nSPS) is 12.0. The van der Waals surface area contributed by atoms with Crippen molar-refractivity contribution in [2.45, 2.75) is 6.18 Å². The summed E-state index contributed by atoms with van der Waals surface area (Å²) in [7, 11) is 1.14. The van der Waals surface area contributed by atoms with Gasteiger partial charge in [0, 0.05) is 12.6 Å². The van der Waals surface area contributed by atoms with E-state index in [9.17, 15) is 27.2 Å². The molecule has 5 nitrogen and oxygen atoms in total. The molecule has 0 amide bonds. The van der Waals surface area contributed by atoms with Crippen LogP contribution in [0, 0.1) is 5.82 Å². The van der Waals surface area contributed by atoms with E-state index in [4.69, 9.17) is 23.2 Å². The fourth-order valence-corrected chi connectivity index (χ4v) is 2.90.